The van der Waals surface area contributed by atoms with Gasteiger partial charge in [0.1, 0.15) is 5.75 Å². The highest BCUT2D eigenvalue weighted by molar-refractivity contribution is 5.90. The Morgan fingerprint density at radius 1 is 1.55 bits per heavy atom. The molecule has 1 aromatic carbocycles. The molecule has 1 aliphatic heterocycles. The molecule has 0 spiro atoms. The van der Waals surface area contributed by atoms with E-state index in [0.29, 0.717) is 30.8 Å². The molecule has 122 valence electrons. The minimum absolute atomic E-state index is 0.0322. The summed E-state index contributed by atoms with van der Waals surface area (Å²) in [4.78, 5) is 11.8. The van der Waals surface area contributed by atoms with E-state index < -0.39 is 18.2 Å². The molecule has 0 aromatic heterocycles. The normalized spacial score (nSPS) is 21.0. The Morgan fingerprint density at radius 3 is 2.91 bits per heavy atom. The maximum Gasteiger partial charge on any atom is 0.387 e. The average Bonchev–Trinajstić information content (AvgIpc) is 2.86. The van der Waals surface area contributed by atoms with Gasteiger partial charge in [-0.05, 0) is 43.7 Å². The minimum atomic E-state index is -2.89. The van der Waals surface area contributed by atoms with Crippen molar-refractivity contribution in [2.45, 2.75) is 25.6 Å². The molecule has 1 fully saturated rings. The van der Waals surface area contributed by atoms with E-state index in [0.717, 1.165) is 0 Å². The van der Waals surface area contributed by atoms with Gasteiger partial charge in [0.05, 0.1) is 5.60 Å². The quantitative estimate of drug-likeness (QED) is 0.663. The Balaban J connectivity index is 1.88. The van der Waals surface area contributed by atoms with Crippen LogP contribution in [0.4, 0.5) is 19.3 Å². The lowest BCUT2D eigenvalue weighted by atomic mass is 10.0. The second-order valence-electron chi connectivity index (χ2n) is 5.31. The minimum Gasteiger partial charge on any atom is -0.435 e. The molecule has 2 rings (SSSR count). The van der Waals surface area contributed by atoms with Crippen molar-refractivity contribution >= 4 is 11.7 Å². The van der Waals surface area contributed by atoms with Gasteiger partial charge in [-0.25, -0.2) is 4.79 Å². The molecule has 4 N–H and O–H groups in total. The number of rotatable bonds is 5. The third kappa shape index (κ3) is 4.54. The van der Waals surface area contributed by atoms with Crippen molar-refractivity contribution in [3.8, 4) is 5.75 Å². The van der Waals surface area contributed by atoms with Gasteiger partial charge >= 0.3 is 12.6 Å². The van der Waals surface area contributed by atoms with Crippen LogP contribution in [0.15, 0.2) is 18.2 Å². The Labute approximate surface area is 126 Å². The predicted molar refractivity (Wildman–Crippen MR) is 77.3 cm³/mol. The number of alkyl halides is 2. The van der Waals surface area contributed by atoms with Gasteiger partial charge in [0, 0.05) is 18.8 Å². The summed E-state index contributed by atoms with van der Waals surface area (Å²) in [6, 6.07) is 3.78. The van der Waals surface area contributed by atoms with Crippen molar-refractivity contribution in [3.05, 3.63) is 23.8 Å². The lowest BCUT2D eigenvalue weighted by Gasteiger charge is -2.21. The zero-order chi connectivity index (χ0) is 16.2. The van der Waals surface area contributed by atoms with Crippen molar-refractivity contribution < 1.29 is 23.4 Å². The van der Waals surface area contributed by atoms with Gasteiger partial charge in [0.2, 0.25) is 0 Å². The number of hydrogen-bond donors (Lipinski definition) is 4. The summed E-state index contributed by atoms with van der Waals surface area (Å²) in [5.74, 6) is 0.0322. The number of aryl methyl sites for hydroxylation is 1. The molecule has 8 heteroatoms. The number of amides is 2. The lowest BCUT2D eigenvalue weighted by molar-refractivity contribution is -0.0498. The number of nitrogens with one attached hydrogen (secondary N) is 3. The molecule has 22 heavy (non-hydrogen) atoms. The highest BCUT2D eigenvalue weighted by Gasteiger charge is 2.31. The van der Waals surface area contributed by atoms with Crippen LogP contribution in [0.3, 0.4) is 0 Å². The second kappa shape index (κ2) is 6.89. The zero-order valence-electron chi connectivity index (χ0n) is 12.2. The van der Waals surface area contributed by atoms with Crippen LogP contribution in [0.1, 0.15) is 12.0 Å². The van der Waals surface area contributed by atoms with Gasteiger partial charge in [0.25, 0.3) is 0 Å². The number of ether oxygens (including phenoxy) is 1. The monoisotopic (exact) mass is 315 g/mol. The fourth-order valence-corrected chi connectivity index (χ4v) is 2.25. The van der Waals surface area contributed by atoms with E-state index in [-0.39, 0.29) is 12.3 Å². The summed E-state index contributed by atoms with van der Waals surface area (Å²) in [5, 5.41) is 18.3. The molecular formula is C14H19F2N3O3. The van der Waals surface area contributed by atoms with E-state index in [2.05, 4.69) is 20.7 Å². The second-order valence-corrected chi connectivity index (χ2v) is 5.31. The number of carbonyl (C=O) groups excluding carboxylic acids is 1. The highest BCUT2D eigenvalue weighted by atomic mass is 19.3. The van der Waals surface area contributed by atoms with Crippen LogP contribution in [0.5, 0.6) is 5.75 Å². The molecule has 1 aromatic rings. The smallest absolute Gasteiger partial charge is 0.387 e. The average molecular weight is 315 g/mol. The first-order chi connectivity index (χ1) is 10.4. The molecule has 1 unspecified atom stereocenters. The fourth-order valence-electron chi connectivity index (χ4n) is 2.25. The maximum atomic E-state index is 12.1. The molecule has 1 saturated heterocycles. The molecule has 0 bridgehead atoms. The maximum absolute atomic E-state index is 12.1. The van der Waals surface area contributed by atoms with E-state index in [1.807, 2.05) is 0 Å². The highest BCUT2D eigenvalue weighted by Crippen LogP contribution is 2.22. The first-order valence-electron chi connectivity index (χ1n) is 6.91. The van der Waals surface area contributed by atoms with Crippen LogP contribution in [0, 0.1) is 6.92 Å². The Kier molecular flexibility index (Phi) is 5.15. The van der Waals surface area contributed by atoms with Gasteiger partial charge in [0.15, 0.2) is 0 Å². The largest absolute Gasteiger partial charge is 0.435 e. The number of halogens is 2. The molecule has 0 saturated carbocycles. The number of aliphatic hydroxyl groups is 1. The lowest BCUT2D eigenvalue weighted by Crippen LogP contribution is -2.45. The first-order valence-corrected chi connectivity index (χ1v) is 6.91. The number of β-amino-alcohol motifs (C(OH)–C–C–N with tert-alkyl or cyclic N) is 1. The summed E-state index contributed by atoms with van der Waals surface area (Å²) in [6.07, 6.45) is 0.575. The van der Waals surface area contributed by atoms with Crippen molar-refractivity contribution in [1.82, 2.24) is 10.6 Å². The predicted octanol–water partition coefficient (Wildman–Crippen LogP) is 1.44. The molecule has 1 aliphatic rings. The molecule has 1 heterocycles. The van der Waals surface area contributed by atoms with Gasteiger partial charge in [-0.3, -0.25) is 0 Å². The van der Waals surface area contributed by atoms with Gasteiger partial charge < -0.3 is 25.8 Å². The Morgan fingerprint density at radius 2 is 2.32 bits per heavy atom. The van der Waals surface area contributed by atoms with Crippen LogP contribution in [0.25, 0.3) is 0 Å². The van der Waals surface area contributed by atoms with E-state index in [9.17, 15) is 18.7 Å². The number of hydrogen-bond acceptors (Lipinski definition) is 4. The van der Waals surface area contributed by atoms with Crippen LogP contribution >= 0.6 is 0 Å². The molecule has 6 nitrogen and oxygen atoms in total. The molecule has 0 radical (unpaired) electrons. The first kappa shape index (κ1) is 16.4. The summed E-state index contributed by atoms with van der Waals surface area (Å²) >= 11 is 0. The van der Waals surface area contributed by atoms with Gasteiger partial charge in [-0.1, -0.05) is 0 Å². The SMILES string of the molecule is Cc1cc(OC(F)F)ccc1NC(=O)NCC1(O)CCNC1. The van der Waals surface area contributed by atoms with Crippen molar-refractivity contribution in [2.24, 2.45) is 0 Å². The van der Waals surface area contributed by atoms with Crippen LogP contribution in [-0.4, -0.2) is 43.0 Å². The van der Waals surface area contributed by atoms with Crippen molar-refractivity contribution in [1.29, 1.82) is 0 Å². The van der Waals surface area contributed by atoms with Crippen molar-refractivity contribution in [2.75, 3.05) is 25.0 Å². The Hall–Kier alpha value is -1.93. The van der Waals surface area contributed by atoms with Crippen LogP contribution in [0.2, 0.25) is 0 Å². The fraction of sp³-hybridized carbons (Fsp3) is 0.500. The zero-order valence-corrected chi connectivity index (χ0v) is 12.2. The number of urea groups is 1. The number of carbonyl (C=O) groups is 1. The molecule has 1 atom stereocenters. The Bertz CT molecular complexity index is 534. The van der Waals surface area contributed by atoms with E-state index in [1.165, 1.54) is 18.2 Å². The standard InChI is InChI=1S/C14H19F2N3O3/c1-9-6-10(22-12(15)16)2-3-11(9)19-13(20)18-8-14(21)4-5-17-7-14/h2-3,6,12,17,21H,4-5,7-8H2,1H3,(H2,18,19,20). The van der Waals surface area contributed by atoms with E-state index in [1.54, 1.807) is 6.92 Å². The van der Waals surface area contributed by atoms with Gasteiger partial charge in [-0.15, -0.1) is 0 Å². The summed E-state index contributed by atoms with van der Waals surface area (Å²) < 4.78 is 28.5. The third-order valence-corrected chi connectivity index (χ3v) is 3.47. The summed E-state index contributed by atoms with van der Waals surface area (Å²) in [7, 11) is 0. The van der Waals surface area contributed by atoms with Crippen LogP contribution < -0.4 is 20.7 Å². The van der Waals surface area contributed by atoms with E-state index >= 15 is 0 Å². The summed E-state index contributed by atoms with van der Waals surface area (Å²) in [5.41, 5.74) is 0.145. The topological polar surface area (TPSA) is 82.6 Å². The molecule has 0 aliphatic carbocycles. The van der Waals surface area contributed by atoms with Gasteiger partial charge in [-0.2, -0.15) is 8.78 Å². The molecule has 2 amide bonds. The molecular weight excluding hydrogens is 296 g/mol. The number of benzene rings is 1. The third-order valence-electron chi connectivity index (χ3n) is 3.47. The van der Waals surface area contributed by atoms with E-state index in [4.69, 9.17) is 0 Å². The van der Waals surface area contributed by atoms with Crippen LogP contribution in [-0.2, 0) is 0 Å². The summed E-state index contributed by atoms with van der Waals surface area (Å²) in [6.45, 7) is 0.0679. The number of anilines is 1. The van der Waals surface area contributed by atoms with Crippen molar-refractivity contribution in [3.63, 3.8) is 0 Å².